The highest BCUT2D eigenvalue weighted by Crippen LogP contribution is 2.18. The molecular formula is C11H18N2O2. The van der Waals surface area contributed by atoms with Crippen molar-refractivity contribution in [2.75, 3.05) is 0 Å². The van der Waals surface area contributed by atoms with Crippen LogP contribution in [0.2, 0.25) is 0 Å². The molecule has 1 aromatic heterocycles. The zero-order valence-electron chi connectivity index (χ0n) is 9.76. The summed E-state index contributed by atoms with van der Waals surface area (Å²) in [6.07, 6.45) is 2.52. The van der Waals surface area contributed by atoms with E-state index in [1.165, 1.54) is 0 Å². The van der Waals surface area contributed by atoms with Crippen LogP contribution < -0.4 is 11.2 Å². The lowest BCUT2D eigenvalue weighted by atomic mass is 9.92. The fourth-order valence-electron chi connectivity index (χ4n) is 1.24. The van der Waals surface area contributed by atoms with E-state index in [0.717, 1.165) is 6.42 Å². The lowest BCUT2D eigenvalue weighted by Crippen LogP contribution is -2.31. The van der Waals surface area contributed by atoms with Crippen molar-refractivity contribution >= 4 is 0 Å². The molecule has 0 bridgehead atoms. The second-order valence-electron chi connectivity index (χ2n) is 5.08. The van der Waals surface area contributed by atoms with E-state index in [4.69, 9.17) is 0 Å². The van der Waals surface area contributed by atoms with Crippen LogP contribution in [0.25, 0.3) is 0 Å². The Morgan fingerprint density at radius 2 is 1.93 bits per heavy atom. The molecule has 0 atom stereocenters. The molecule has 1 aromatic rings. The van der Waals surface area contributed by atoms with Gasteiger partial charge in [-0.15, -0.1) is 0 Å². The molecule has 0 aliphatic heterocycles. The van der Waals surface area contributed by atoms with Gasteiger partial charge < -0.3 is 4.57 Å². The highest BCUT2D eigenvalue weighted by Gasteiger charge is 2.10. The van der Waals surface area contributed by atoms with Crippen molar-refractivity contribution in [3.8, 4) is 0 Å². The molecular weight excluding hydrogens is 192 g/mol. The van der Waals surface area contributed by atoms with Crippen LogP contribution >= 0.6 is 0 Å². The maximum absolute atomic E-state index is 11.4. The third-order valence-corrected chi connectivity index (χ3v) is 2.29. The molecule has 4 heteroatoms. The second kappa shape index (κ2) is 4.04. The van der Waals surface area contributed by atoms with Crippen LogP contribution in [0.5, 0.6) is 0 Å². The summed E-state index contributed by atoms with van der Waals surface area (Å²) < 4.78 is 1.56. The molecule has 0 fully saturated rings. The summed E-state index contributed by atoms with van der Waals surface area (Å²) in [4.78, 5) is 24.8. The van der Waals surface area contributed by atoms with Gasteiger partial charge in [0.1, 0.15) is 0 Å². The second-order valence-corrected chi connectivity index (χ2v) is 5.08. The lowest BCUT2D eigenvalue weighted by molar-refractivity contribution is 0.346. The van der Waals surface area contributed by atoms with Crippen LogP contribution in [0.1, 0.15) is 32.8 Å². The van der Waals surface area contributed by atoms with Crippen LogP contribution in [0, 0.1) is 12.3 Å². The summed E-state index contributed by atoms with van der Waals surface area (Å²) in [5.41, 5.74) is 0.133. The smallest absolute Gasteiger partial charge is 0.300 e. The van der Waals surface area contributed by atoms with Crippen LogP contribution in [-0.4, -0.2) is 9.55 Å². The van der Waals surface area contributed by atoms with Crippen molar-refractivity contribution in [1.82, 2.24) is 9.55 Å². The fourth-order valence-corrected chi connectivity index (χ4v) is 1.24. The summed E-state index contributed by atoms with van der Waals surface area (Å²) >= 11 is 0. The first-order valence-electron chi connectivity index (χ1n) is 5.10. The van der Waals surface area contributed by atoms with Gasteiger partial charge in [-0.2, -0.15) is 0 Å². The predicted octanol–water partition coefficient (Wildman–Crippen LogP) is 1.28. The number of nitrogens with zero attached hydrogens (tertiary/aromatic N) is 1. The minimum atomic E-state index is -0.324. The van der Waals surface area contributed by atoms with Crippen LogP contribution in [-0.2, 0) is 6.54 Å². The summed E-state index contributed by atoms with van der Waals surface area (Å²) in [6.45, 7) is 8.70. The summed E-state index contributed by atoms with van der Waals surface area (Å²) in [5, 5.41) is 0. The SMILES string of the molecule is Cc1cn(CCC(C)(C)C)c(=O)[nH]c1=O. The van der Waals surface area contributed by atoms with Gasteiger partial charge in [-0.05, 0) is 18.8 Å². The van der Waals surface area contributed by atoms with Crippen molar-refractivity contribution in [3.63, 3.8) is 0 Å². The molecule has 4 nitrogen and oxygen atoms in total. The first kappa shape index (κ1) is 11.8. The zero-order valence-corrected chi connectivity index (χ0v) is 9.76. The average molecular weight is 210 g/mol. The molecule has 15 heavy (non-hydrogen) atoms. The van der Waals surface area contributed by atoms with Gasteiger partial charge in [0.25, 0.3) is 5.56 Å². The van der Waals surface area contributed by atoms with Gasteiger partial charge in [0.05, 0.1) is 0 Å². The van der Waals surface area contributed by atoms with E-state index in [9.17, 15) is 9.59 Å². The van der Waals surface area contributed by atoms with E-state index in [1.54, 1.807) is 17.7 Å². The Morgan fingerprint density at radius 1 is 1.33 bits per heavy atom. The number of hydrogen-bond acceptors (Lipinski definition) is 2. The van der Waals surface area contributed by atoms with Crippen molar-refractivity contribution in [2.45, 2.75) is 40.7 Å². The molecule has 0 amide bonds. The van der Waals surface area contributed by atoms with E-state index >= 15 is 0 Å². The Bertz CT molecular complexity index is 449. The third-order valence-electron chi connectivity index (χ3n) is 2.29. The van der Waals surface area contributed by atoms with Crippen LogP contribution in [0.3, 0.4) is 0 Å². The number of aryl methyl sites for hydroxylation is 2. The molecule has 84 valence electrons. The van der Waals surface area contributed by atoms with E-state index in [0.29, 0.717) is 12.1 Å². The number of H-pyrrole nitrogens is 1. The van der Waals surface area contributed by atoms with E-state index in [-0.39, 0.29) is 16.7 Å². The average Bonchev–Trinajstić information content (AvgIpc) is 2.07. The number of aromatic nitrogens is 2. The van der Waals surface area contributed by atoms with Gasteiger partial charge in [-0.25, -0.2) is 4.79 Å². The number of nitrogens with one attached hydrogen (secondary N) is 1. The lowest BCUT2D eigenvalue weighted by Gasteiger charge is -2.18. The van der Waals surface area contributed by atoms with Crippen molar-refractivity contribution in [2.24, 2.45) is 5.41 Å². The summed E-state index contributed by atoms with van der Waals surface area (Å²) in [6, 6.07) is 0. The highest BCUT2D eigenvalue weighted by molar-refractivity contribution is 5.00. The largest absolute Gasteiger partial charge is 0.328 e. The molecule has 1 N–H and O–H groups in total. The van der Waals surface area contributed by atoms with E-state index in [2.05, 4.69) is 25.8 Å². The molecule has 0 aliphatic rings. The number of aromatic amines is 1. The molecule has 0 saturated heterocycles. The van der Waals surface area contributed by atoms with Gasteiger partial charge in [0, 0.05) is 18.3 Å². The molecule has 0 unspecified atom stereocenters. The standard InChI is InChI=1S/C11H18N2O2/c1-8-7-13(6-5-11(2,3)4)10(15)12-9(8)14/h7H,5-6H2,1-4H3,(H,12,14,15). The highest BCUT2D eigenvalue weighted by atomic mass is 16.2. The molecule has 0 aromatic carbocycles. The first-order chi connectivity index (χ1) is 6.79. The first-order valence-corrected chi connectivity index (χ1v) is 5.10. The Balaban J connectivity index is 2.92. The Morgan fingerprint density at radius 3 is 2.47 bits per heavy atom. The predicted molar refractivity (Wildman–Crippen MR) is 60.1 cm³/mol. The van der Waals surface area contributed by atoms with Gasteiger partial charge in [-0.3, -0.25) is 9.78 Å². The quantitative estimate of drug-likeness (QED) is 0.799. The molecule has 0 radical (unpaired) electrons. The Hall–Kier alpha value is -1.32. The van der Waals surface area contributed by atoms with Gasteiger partial charge in [0.2, 0.25) is 0 Å². The van der Waals surface area contributed by atoms with Crippen molar-refractivity contribution < 1.29 is 0 Å². The monoisotopic (exact) mass is 210 g/mol. The van der Waals surface area contributed by atoms with Crippen LogP contribution in [0.15, 0.2) is 15.8 Å². The van der Waals surface area contributed by atoms with Gasteiger partial charge in [-0.1, -0.05) is 20.8 Å². The molecule has 1 heterocycles. The number of hydrogen-bond donors (Lipinski definition) is 1. The minimum Gasteiger partial charge on any atom is -0.300 e. The third kappa shape index (κ3) is 3.38. The van der Waals surface area contributed by atoms with Crippen LogP contribution in [0.4, 0.5) is 0 Å². The maximum atomic E-state index is 11.4. The van der Waals surface area contributed by atoms with E-state index in [1.807, 2.05) is 0 Å². The maximum Gasteiger partial charge on any atom is 0.328 e. The number of rotatable bonds is 2. The van der Waals surface area contributed by atoms with Crippen molar-refractivity contribution in [1.29, 1.82) is 0 Å². The van der Waals surface area contributed by atoms with Crippen molar-refractivity contribution in [3.05, 3.63) is 32.6 Å². The normalized spacial score (nSPS) is 11.7. The fraction of sp³-hybridized carbons (Fsp3) is 0.636. The zero-order chi connectivity index (χ0) is 11.6. The van der Waals surface area contributed by atoms with Gasteiger partial charge >= 0.3 is 5.69 Å². The van der Waals surface area contributed by atoms with E-state index < -0.39 is 0 Å². The summed E-state index contributed by atoms with van der Waals surface area (Å²) in [5.74, 6) is 0. The van der Waals surface area contributed by atoms with Gasteiger partial charge in [0.15, 0.2) is 0 Å². The summed E-state index contributed by atoms with van der Waals surface area (Å²) in [7, 11) is 0. The molecule has 0 spiro atoms. The molecule has 1 rings (SSSR count). The topological polar surface area (TPSA) is 54.9 Å². The molecule has 0 aliphatic carbocycles. The minimum absolute atomic E-state index is 0.184. The Kier molecular flexibility index (Phi) is 3.17. The Labute approximate surface area is 89.0 Å². The molecule has 0 saturated carbocycles.